The highest BCUT2D eigenvalue weighted by Crippen LogP contribution is 2.31. The van der Waals surface area contributed by atoms with Gasteiger partial charge < -0.3 is 14.4 Å². The molecule has 1 saturated heterocycles. The van der Waals surface area contributed by atoms with Gasteiger partial charge in [0.05, 0.1) is 25.0 Å². The first kappa shape index (κ1) is 26.5. The Labute approximate surface area is 232 Å². The van der Waals surface area contributed by atoms with Crippen molar-refractivity contribution in [3.8, 4) is 28.3 Å². The third-order valence-corrected chi connectivity index (χ3v) is 6.79. The summed E-state index contributed by atoms with van der Waals surface area (Å²) in [6.45, 7) is 4.90. The summed E-state index contributed by atoms with van der Waals surface area (Å²) < 4.78 is 12.7. The van der Waals surface area contributed by atoms with Crippen LogP contribution in [0.3, 0.4) is 0 Å². The van der Waals surface area contributed by atoms with Crippen LogP contribution in [0, 0.1) is 0 Å². The zero-order valence-electron chi connectivity index (χ0n) is 21.6. The van der Waals surface area contributed by atoms with E-state index in [0.717, 1.165) is 11.1 Å². The van der Waals surface area contributed by atoms with Gasteiger partial charge in [0.25, 0.3) is 0 Å². The van der Waals surface area contributed by atoms with Crippen LogP contribution in [0.1, 0.15) is 6.92 Å². The van der Waals surface area contributed by atoms with Crippen molar-refractivity contribution in [3.05, 3.63) is 100 Å². The molecule has 0 radical (unpaired) electrons. The first-order valence-electron chi connectivity index (χ1n) is 12.9. The Morgan fingerprint density at radius 2 is 1.56 bits per heavy atom. The van der Waals surface area contributed by atoms with E-state index in [0.29, 0.717) is 54.9 Å². The normalized spacial score (nSPS) is 13.7. The minimum atomic E-state index is -0.379. The van der Waals surface area contributed by atoms with Gasteiger partial charge >= 0.3 is 11.5 Å². The Balaban J connectivity index is 1.43. The Bertz CT molecular complexity index is 1470. The number of aromatic nitrogens is 2. The van der Waals surface area contributed by atoms with Crippen LogP contribution < -0.4 is 15.2 Å². The van der Waals surface area contributed by atoms with E-state index in [2.05, 4.69) is 10.00 Å². The lowest BCUT2D eigenvalue weighted by molar-refractivity contribution is -0.144. The monoisotopic (exact) mass is 544 g/mol. The van der Waals surface area contributed by atoms with Crippen LogP contribution in [-0.2, 0) is 9.53 Å². The molecule has 5 rings (SSSR count). The zero-order chi connectivity index (χ0) is 27.2. The number of ether oxygens (including phenoxy) is 2. The molecule has 4 aromatic rings. The molecule has 0 N–H and O–H groups in total. The third-order valence-electron chi connectivity index (χ3n) is 6.54. The van der Waals surface area contributed by atoms with E-state index in [1.165, 1.54) is 4.68 Å². The van der Waals surface area contributed by atoms with E-state index in [1.807, 2.05) is 59.5 Å². The third kappa shape index (κ3) is 6.30. The van der Waals surface area contributed by atoms with E-state index in [1.54, 1.807) is 37.4 Å². The second-order valence-corrected chi connectivity index (χ2v) is 9.55. The van der Waals surface area contributed by atoms with Gasteiger partial charge in [-0.1, -0.05) is 54.1 Å². The van der Waals surface area contributed by atoms with E-state index in [-0.39, 0.29) is 23.8 Å². The lowest BCUT2D eigenvalue weighted by Gasteiger charge is -2.35. The Hall–Kier alpha value is -4.14. The van der Waals surface area contributed by atoms with Gasteiger partial charge in [-0.3, -0.25) is 14.5 Å². The molecule has 1 aliphatic rings. The Kier molecular flexibility index (Phi) is 8.24. The number of esters is 1. The molecule has 0 amide bonds. The maximum Gasteiger partial charge on any atom is 0.320 e. The van der Waals surface area contributed by atoms with Crippen molar-refractivity contribution in [2.75, 3.05) is 44.2 Å². The standard InChI is InChI=1S/C30H29ClN4O4/c1-2-38-28(36)21-33-16-18-34(19-17-33)27-20-32-35(25-12-10-24(31)11-13-25)30(37)29(27)39-26-14-8-23(9-15-26)22-6-4-3-5-7-22/h3-15,20H,2,16-19,21H2,1H3. The van der Waals surface area contributed by atoms with Crippen molar-refractivity contribution in [2.45, 2.75) is 6.92 Å². The summed E-state index contributed by atoms with van der Waals surface area (Å²) in [7, 11) is 0. The van der Waals surface area contributed by atoms with Crippen molar-refractivity contribution in [2.24, 2.45) is 0 Å². The summed E-state index contributed by atoms with van der Waals surface area (Å²) in [6, 6.07) is 24.6. The van der Waals surface area contributed by atoms with E-state index in [4.69, 9.17) is 21.1 Å². The van der Waals surface area contributed by atoms with E-state index in [9.17, 15) is 9.59 Å². The van der Waals surface area contributed by atoms with E-state index < -0.39 is 0 Å². The predicted molar refractivity (Wildman–Crippen MR) is 152 cm³/mol. The van der Waals surface area contributed by atoms with Crippen LogP contribution in [0.2, 0.25) is 5.02 Å². The zero-order valence-corrected chi connectivity index (χ0v) is 22.4. The van der Waals surface area contributed by atoms with Gasteiger partial charge in [-0.25, -0.2) is 0 Å². The number of nitrogens with zero attached hydrogens (tertiary/aromatic N) is 4. The van der Waals surface area contributed by atoms with Crippen molar-refractivity contribution in [3.63, 3.8) is 0 Å². The molecule has 0 spiro atoms. The molecule has 2 heterocycles. The molecule has 0 atom stereocenters. The van der Waals surface area contributed by atoms with Crippen molar-refractivity contribution >= 4 is 23.3 Å². The van der Waals surface area contributed by atoms with Crippen molar-refractivity contribution < 1.29 is 14.3 Å². The van der Waals surface area contributed by atoms with Gasteiger partial charge in [0.1, 0.15) is 11.4 Å². The van der Waals surface area contributed by atoms with Gasteiger partial charge in [-0.15, -0.1) is 0 Å². The highest BCUT2D eigenvalue weighted by atomic mass is 35.5. The smallest absolute Gasteiger partial charge is 0.320 e. The number of carbonyl (C=O) groups is 1. The largest absolute Gasteiger partial charge is 0.465 e. The fourth-order valence-electron chi connectivity index (χ4n) is 4.52. The maximum atomic E-state index is 13.7. The lowest BCUT2D eigenvalue weighted by atomic mass is 10.1. The number of hydrogen-bond donors (Lipinski definition) is 0. The molecular formula is C30H29ClN4O4. The average molecular weight is 545 g/mol. The average Bonchev–Trinajstić information content (AvgIpc) is 2.96. The van der Waals surface area contributed by atoms with Crippen LogP contribution in [0.25, 0.3) is 16.8 Å². The molecule has 1 fully saturated rings. The van der Waals surface area contributed by atoms with Gasteiger partial charge in [-0.05, 0) is 54.4 Å². The van der Waals surface area contributed by atoms with Crippen LogP contribution in [0.15, 0.2) is 89.9 Å². The van der Waals surface area contributed by atoms with Crippen molar-refractivity contribution in [1.82, 2.24) is 14.7 Å². The molecule has 8 nitrogen and oxygen atoms in total. The molecule has 1 aromatic heterocycles. The van der Waals surface area contributed by atoms with Crippen LogP contribution in [0.5, 0.6) is 11.5 Å². The highest BCUT2D eigenvalue weighted by molar-refractivity contribution is 6.30. The number of anilines is 1. The fraction of sp³-hybridized carbons (Fsp3) is 0.233. The molecule has 0 saturated carbocycles. The molecule has 3 aromatic carbocycles. The molecule has 1 aliphatic heterocycles. The Morgan fingerprint density at radius 1 is 0.897 bits per heavy atom. The highest BCUT2D eigenvalue weighted by Gasteiger charge is 2.25. The molecule has 200 valence electrons. The molecule has 39 heavy (non-hydrogen) atoms. The van der Waals surface area contributed by atoms with Gasteiger partial charge in [-0.2, -0.15) is 9.78 Å². The van der Waals surface area contributed by atoms with Crippen LogP contribution in [-0.4, -0.2) is 60.0 Å². The number of piperazine rings is 1. The number of carbonyl (C=O) groups excluding carboxylic acids is 1. The summed E-state index contributed by atoms with van der Waals surface area (Å²) in [5.74, 6) is 0.496. The minimum Gasteiger partial charge on any atom is -0.465 e. The maximum absolute atomic E-state index is 13.7. The number of benzene rings is 3. The SMILES string of the molecule is CCOC(=O)CN1CCN(c2cnn(-c3ccc(Cl)cc3)c(=O)c2Oc2ccc(-c3ccccc3)cc2)CC1. The Morgan fingerprint density at radius 3 is 2.23 bits per heavy atom. The van der Waals surface area contributed by atoms with Gasteiger partial charge in [0.15, 0.2) is 0 Å². The first-order valence-corrected chi connectivity index (χ1v) is 13.2. The summed E-state index contributed by atoms with van der Waals surface area (Å²) in [5.41, 5.74) is 2.96. The molecule has 9 heteroatoms. The molecule has 0 unspecified atom stereocenters. The minimum absolute atomic E-state index is 0.186. The fourth-order valence-corrected chi connectivity index (χ4v) is 4.64. The summed E-state index contributed by atoms with van der Waals surface area (Å²) >= 11 is 6.05. The van der Waals surface area contributed by atoms with E-state index >= 15 is 0 Å². The second-order valence-electron chi connectivity index (χ2n) is 9.11. The lowest BCUT2D eigenvalue weighted by Crippen LogP contribution is -2.48. The first-order chi connectivity index (χ1) is 19.0. The molecular weight excluding hydrogens is 516 g/mol. The summed E-state index contributed by atoms with van der Waals surface area (Å²) in [6.07, 6.45) is 1.66. The second kappa shape index (κ2) is 12.1. The quantitative estimate of drug-likeness (QED) is 0.288. The van der Waals surface area contributed by atoms with Crippen molar-refractivity contribution in [1.29, 1.82) is 0 Å². The summed E-state index contributed by atoms with van der Waals surface area (Å²) in [4.78, 5) is 29.8. The molecule has 0 bridgehead atoms. The number of rotatable bonds is 8. The van der Waals surface area contributed by atoms with Crippen LogP contribution >= 0.6 is 11.6 Å². The number of hydrogen-bond acceptors (Lipinski definition) is 7. The number of halogens is 1. The topological polar surface area (TPSA) is 76.9 Å². The van der Waals surface area contributed by atoms with Gasteiger partial charge in [0.2, 0.25) is 5.75 Å². The predicted octanol–water partition coefficient (Wildman–Crippen LogP) is 5.03. The summed E-state index contributed by atoms with van der Waals surface area (Å²) in [5, 5.41) is 5.02. The van der Waals surface area contributed by atoms with Crippen LogP contribution in [0.4, 0.5) is 5.69 Å². The molecule has 0 aliphatic carbocycles. The van der Waals surface area contributed by atoms with Gasteiger partial charge in [0, 0.05) is 31.2 Å².